The first-order chi connectivity index (χ1) is 14.0. The normalized spacial score (nSPS) is 21.2. The molecule has 2 N–H and O–H groups in total. The molecule has 0 saturated carbocycles. The van der Waals surface area contributed by atoms with E-state index in [4.69, 9.17) is 10.6 Å². The van der Waals surface area contributed by atoms with Crippen LogP contribution in [-0.2, 0) is 9.63 Å². The molecule has 0 spiro atoms. The number of hydroxylamine groups is 2. The molecule has 2 aromatic rings. The predicted molar refractivity (Wildman–Crippen MR) is 102 cm³/mol. The highest BCUT2D eigenvalue weighted by Gasteiger charge is 2.44. The van der Waals surface area contributed by atoms with Crippen molar-refractivity contribution >= 4 is 17.8 Å². The lowest BCUT2D eigenvalue weighted by Crippen LogP contribution is -2.48. The SMILES string of the molecule is CC1(C(=O)N2OCC[C@H]2c2cncnc2)CCN(c2nccc(C(N)=O)n2)CC1. The van der Waals surface area contributed by atoms with Crippen molar-refractivity contribution in [3.63, 3.8) is 0 Å². The number of nitrogens with zero attached hydrogens (tertiary/aromatic N) is 6. The number of aromatic nitrogens is 4. The molecular formula is C19H23N7O3. The van der Waals surface area contributed by atoms with Crippen molar-refractivity contribution in [2.45, 2.75) is 32.2 Å². The van der Waals surface area contributed by atoms with Gasteiger partial charge in [0.2, 0.25) is 5.95 Å². The van der Waals surface area contributed by atoms with Gasteiger partial charge in [0.25, 0.3) is 11.8 Å². The van der Waals surface area contributed by atoms with Gasteiger partial charge in [0.05, 0.1) is 18.1 Å². The lowest BCUT2D eigenvalue weighted by molar-refractivity contribution is -0.189. The van der Waals surface area contributed by atoms with Crippen LogP contribution >= 0.6 is 0 Å². The average molecular weight is 397 g/mol. The van der Waals surface area contributed by atoms with Crippen molar-refractivity contribution in [1.29, 1.82) is 0 Å². The van der Waals surface area contributed by atoms with Crippen LogP contribution in [0.5, 0.6) is 0 Å². The first-order valence-electron chi connectivity index (χ1n) is 9.57. The lowest BCUT2D eigenvalue weighted by Gasteiger charge is -2.40. The molecule has 4 heterocycles. The molecule has 0 unspecified atom stereocenters. The quantitative estimate of drug-likeness (QED) is 0.805. The summed E-state index contributed by atoms with van der Waals surface area (Å²) in [7, 11) is 0. The van der Waals surface area contributed by atoms with Gasteiger partial charge in [0.1, 0.15) is 12.0 Å². The van der Waals surface area contributed by atoms with Gasteiger partial charge in [-0.1, -0.05) is 6.92 Å². The van der Waals surface area contributed by atoms with Gasteiger partial charge in [-0.15, -0.1) is 0 Å². The Bertz CT molecular complexity index is 900. The van der Waals surface area contributed by atoms with Gasteiger partial charge in [-0.2, -0.15) is 0 Å². The largest absolute Gasteiger partial charge is 0.364 e. The molecule has 2 aliphatic heterocycles. The van der Waals surface area contributed by atoms with E-state index < -0.39 is 11.3 Å². The Labute approximate surface area is 168 Å². The van der Waals surface area contributed by atoms with Crippen molar-refractivity contribution in [3.8, 4) is 0 Å². The highest BCUT2D eigenvalue weighted by atomic mass is 16.7. The van der Waals surface area contributed by atoms with Gasteiger partial charge in [0, 0.05) is 43.7 Å². The zero-order chi connectivity index (χ0) is 20.4. The molecule has 10 heteroatoms. The molecule has 1 atom stereocenters. The number of amides is 2. The Hall–Kier alpha value is -3.14. The van der Waals surface area contributed by atoms with Crippen LogP contribution < -0.4 is 10.6 Å². The molecule has 152 valence electrons. The van der Waals surface area contributed by atoms with E-state index in [1.54, 1.807) is 12.4 Å². The molecule has 0 aromatic carbocycles. The summed E-state index contributed by atoms with van der Waals surface area (Å²) >= 11 is 0. The molecular weight excluding hydrogens is 374 g/mol. The molecule has 0 bridgehead atoms. The number of anilines is 1. The first kappa shape index (κ1) is 19.2. The molecule has 10 nitrogen and oxygen atoms in total. The highest BCUT2D eigenvalue weighted by Crippen LogP contribution is 2.39. The van der Waals surface area contributed by atoms with Crippen LogP contribution in [-0.4, -0.2) is 56.5 Å². The minimum Gasteiger partial charge on any atom is -0.364 e. The molecule has 2 amide bonds. The van der Waals surface area contributed by atoms with Gasteiger partial charge in [0.15, 0.2) is 0 Å². The maximum atomic E-state index is 13.3. The lowest BCUT2D eigenvalue weighted by atomic mass is 9.79. The van der Waals surface area contributed by atoms with Crippen molar-refractivity contribution in [2.75, 3.05) is 24.6 Å². The zero-order valence-electron chi connectivity index (χ0n) is 16.2. The molecule has 29 heavy (non-hydrogen) atoms. The molecule has 2 aliphatic rings. The molecule has 0 radical (unpaired) electrons. The van der Waals surface area contributed by atoms with E-state index in [0.29, 0.717) is 38.5 Å². The maximum Gasteiger partial charge on any atom is 0.267 e. The Morgan fingerprint density at radius 3 is 2.66 bits per heavy atom. The third kappa shape index (κ3) is 3.75. The summed E-state index contributed by atoms with van der Waals surface area (Å²) in [4.78, 5) is 48.9. The van der Waals surface area contributed by atoms with Gasteiger partial charge in [-0.3, -0.25) is 14.4 Å². The summed E-state index contributed by atoms with van der Waals surface area (Å²) in [5.41, 5.74) is 5.80. The van der Waals surface area contributed by atoms with Crippen molar-refractivity contribution in [1.82, 2.24) is 25.0 Å². The average Bonchev–Trinajstić information content (AvgIpc) is 3.24. The number of piperidine rings is 1. The smallest absolute Gasteiger partial charge is 0.267 e. The van der Waals surface area contributed by atoms with Crippen molar-refractivity contribution in [2.24, 2.45) is 11.1 Å². The zero-order valence-corrected chi connectivity index (χ0v) is 16.2. The fourth-order valence-electron chi connectivity index (χ4n) is 3.77. The number of hydrogen-bond donors (Lipinski definition) is 1. The second kappa shape index (κ2) is 7.70. The van der Waals surface area contributed by atoms with E-state index >= 15 is 0 Å². The number of carbonyl (C=O) groups excluding carboxylic acids is 2. The second-order valence-corrected chi connectivity index (χ2v) is 7.59. The summed E-state index contributed by atoms with van der Waals surface area (Å²) in [5.74, 6) is -0.171. The topological polar surface area (TPSA) is 127 Å². The van der Waals surface area contributed by atoms with Crippen LogP contribution in [0.15, 0.2) is 31.0 Å². The van der Waals surface area contributed by atoms with Crippen molar-refractivity contribution in [3.05, 3.63) is 42.2 Å². The molecule has 4 rings (SSSR count). The summed E-state index contributed by atoms with van der Waals surface area (Å²) < 4.78 is 0. The van der Waals surface area contributed by atoms with Crippen LogP contribution in [0.3, 0.4) is 0 Å². The Kier molecular flexibility index (Phi) is 5.10. The monoisotopic (exact) mass is 397 g/mol. The van der Waals surface area contributed by atoms with Gasteiger partial charge >= 0.3 is 0 Å². The standard InChI is InChI=1S/C19H23N7O3/c1-19(17(28)26-15(3-9-29-26)13-10-21-12-22-11-13)4-7-25(8-5-19)18-23-6-2-14(24-18)16(20)27/h2,6,10-12,15H,3-5,7-9H2,1H3,(H2,20,27)/t15-/m0/s1. The van der Waals surface area contributed by atoms with Gasteiger partial charge in [-0.25, -0.2) is 25.0 Å². The molecule has 2 fully saturated rings. The van der Waals surface area contributed by atoms with E-state index in [-0.39, 0.29) is 17.6 Å². The molecule has 2 saturated heterocycles. The van der Waals surface area contributed by atoms with Gasteiger partial charge < -0.3 is 10.6 Å². The van der Waals surface area contributed by atoms with Gasteiger partial charge in [-0.05, 0) is 18.9 Å². The predicted octanol–water partition coefficient (Wildman–Crippen LogP) is 0.877. The molecule has 0 aliphatic carbocycles. The Morgan fingerprint density at radius 2 is 1.97 bits per heavy atom. The second-order valence-electron chi connectivity index (χ2n) is 7.59. The summed E-state index contributed by atoms with van der Waals surface area (Å²) in [5, 5.41) is 1.50. The number of hydrogen-bond acceptors (Lipinski definition) is 8. The van der Waals surface area contributed by atoms with Crippen LogP contribution in [0.4, 0.5) is 5.95 Å². The number of carbonyl (C=O) groups is 2. The minimum atomic E-state index is -0.590. The van der Waals surface area contributed by atoms with E-state index in [2.05, 4.69) is 19.9 Å². The van der Waals surface area contributed by atoms with E-state index in [9.17, 15) is 9.59 Å². The third-order valence-corrected chi connectivity index (χ3v) is 5.63. The van der Waals surface area contributed by atoms with Crippen LogP contribution in [0.25, 0.3) is 0 Å². The summed E-state index contributed by atoms with van der Waals surface area (Å²) in [6.07, 6.45) is 8.39. The number of rotatable bonds is 4. The van der Waals surface area contributed by atoms with E-state index in [0.717, 1.165) is 12.0 Å². The maximum absolute atomic E-state index is 13.3. The van der Waals surface area contributed by atoms with Crippen LogP contribution in [0.2, 0.25) is 0 Å². The van der Waals surface area contributed by atoms with E-state index in [1.807, 2.05) is 11.8 Å². The van der Waals surface area contributed by atoms with Crippen LogP contribution in [0, 0.1) is 5.41 Å². The number of nitrogens with two attached hydrogens (primary N) is 1. The highest BCUT2D eigenvalue weighted by molar-refractivity contribution is 5.90. The third-order valence-electron chi connectivity index (χ3n) is 5.63. The number of primary amides is 1. The summed E-state index contributed by atoms with van der Waals surface area (Å²) in [6.45, 7) is 3.64. The molecule has 2 aromatic heterocycles. The Morgan fingerprint density at radius 1 is 1.24 bits per heavy atom. The van der Waals surface area contributed by atoms with Crippen molar-refractivity contribution < 1.29 is 14.4 Å². The Balaban J connectivity index is 1.46. The minimum absolute atomic E-state index is 0.0321. The summed E-state index contributed by atoms with van der Waals surface area (Å²) in [6, 6.07) is 1.32. The van der Waals surface area contributed by atoms with Crippen LogP contribution in [0.1, 0.15) is 48.3 Å². The fourth-order valence-corrected chi connectivity index (χ4v) is 3.77. The van der Waals surface area contributed by atoms with E-state index in [1.165, 1.54) is 23.7 Å². The fraction of sp³-hybridized carbons (Fsp3) is 0.474. The first-order valence-corrected chi connectivity index (χ1v) is 9.57.